The molecule has 18 rings (SSSR count). The minimum Gasteiger partial charge on any atom is -0.338 e. The van der Waals surface area contributed by atoms with E-state index < -0.39 is 0 Å². The maximum absolute atomic E-state index is 4.91. The molecule has 0 radical (unpaired) electrons. The summed E-state index contributed by atoms with van der Waals surface area (Å²) in [7, 11) is 0. The Bertz CT molecular complexity index is 5540. The Labute approximate surface area is 631 Å². The van der Waals surface area contributed by atoms with Crippen molar-refractivity contribution < 1.29 is 0 Å². The average molecular weight is 1380 g/mol. The van der Waals surface area contributed by atoms with Crippen molar-refractivity contribution in [2.45, 2.75) is 118 Å². The van der Waals surface area contributed by atoms with E-state index >= 15 is 0 Å². The Morgan fingerprint density at radius 1 is 0.280 bits per heavy atom. The molecular formula is C101H90BN5. The fraction of sp³-hybridized carbons (Fsp3) is 0.178. The molecule has 0 fully saturated rings. The third-order valence-electron chi connectivity index (χ3n) is 23.1. The van der Waals surface area contributed by atoms with E-state index in [1.807, 2.05) is 6.20 Å². The lowest BCUT2D eigenvalue weighted by atomic mass is 9.33. The van der Waals surface area contributed by atoms with E-state index in [4.69, 9.17) is 4.98 Å². The first-order chi connectivity index (χ1) is 51.6. The number of fused-ring (bicyclic) bond motifs is 10. The Hall–Kier alpha value is -11.7. The van der Waals surface area contributed by atoms with Crippen LogP contribution in [0.25, 0.3) is 111 Å². The zero-order valence-corrected chi connectivity index (χ0v) is 63.6. The van der Waals surface area contributed by atoms with Gasteiger partial charge in [-0.05, 0) is 212 Å². The second-order valence-corrected chi connectivity index (χ2v) is 34.0. The summed E-state index contributed by atoms with van der Waals surface area (Å²) in [6.07, 6.45) is 3.95. The average Bonchev–Trinajstić information content (AvgIpc) is 1.30. The van der Waals surface area contributed by atoms with Gasteiger partial charge in [-0.15, -0.1) is 0 Å². The number of hydrogen-bond acceptors (Lipinski definition) is 3. The van der Waals surface area contributed by atoms with Gasteiger partial charge >= 0.3 is 0 Å². The monoisotopic (exact) mass is 1380 g/mol. The SMILES string of the molecule is CC(C)(C)c1ccc2c(c1)c1cc(C(C)(C)C)ccc1n2-c1ccc2c(c1)N(Cc1c(-c3ccccc3)cccc1-c1ccccc1)c1cc(-c3cccnc3)cc3c1B2c1ccc(-n2c4ccc(C(C)(C)C)cc4c4cc(C(C)(C)C)ccc42)cc1N3Cc1c(-c2ccccc2)cccc1-c1ccccc1. The first-order valence-corrected chi connectivity index (χ1v) is 38.2. The fourth-order valence-corrected chi connectivity index (χ4v) is 17.3. The van der Waals surface area contributed by atoms with Crippen molar-refractivity contribution in [3.05, 3.63) is 337 Å². The van der Waals surface area contributed by atoms with Crippen LogP contribution in [0.3, 0.4) is 0 Å². The summed E-state index contributed by atoms with van der Waals surface area (Å²) in [6, 6.07) is 111. The van der Waals surface area contributed by atoms with Crippen molar-refractivity contribution in [1.29, 1.82) is 0 Å². The highest BCUT2D eigenvalue weighted by atomic mass is 15.2. The lowest BCUT2D eigenvalue weighted by Crippen LogP contribution is -2.62. The van der Waals surface area contributed by atoms with Gasteiger partial charge in [-0.3, -0.25) is 4.98 Å². The highest BCUT2D eigenvalue weighted by Crippen LogP contribution is 2.49. The van der Waals surface area contributed by atoms with E-state index in [1.165, 1.54) is 149 Å². The molecule has 0 bridgehead atoms. The van der Waals surface area contributed by atoms with E-state index in [-0.39, 0.29) is 28.4 Å². The number of pyridine rings is 1. The smallest absolute Gasteiger partial charge is 0.252 e. The number of anilines is 4. The van der Waals surface area contributed by atoms with Crippen LogP contribution >= 0.6 is 0 Å². The fourth-order valence-electron chi connectivity index (χ4n) is 17.3. The number of nitrogens with zero attached hydrogens (tertiary/aromatic N) is 5. The van der Waals surface area contributed by atoms with Crippen molar-refractivity contribution in [3.8, 4) is 67.0 Å². The van der Waals surface area contributed by atoms with Crippen molar-refractivity contribution >= 4 is 89.5 Å². The largest absolute Gasteiger partial charge is 0.338 e. The summed E-state index contributed by atoms with van der Waals surface area (Å²) < 4.78 is 5.11. The lowest BCUT2D eigenvalue weighted by Gasteiger charge is -2.45. The molecule has 3 aromatic heterocycles. The van der Waals surface area contributed by atoms with Crippen LogP contribution in [0.5, 0.6) is 0 Å². The number of rotatable bonds is 11. The van der Waals surface area contributed by atoms with E-state index in [1.54, 1.807) is 0 Å². The molecule has 0 atom stereocenters. The third-order valence-corrected chi connectivity index (χ3v) is 23.1. The topological polar surface area (TPSA) is 29.2 Å². The van der Waals surface area contributed by atoms with Crippen LogP contribution in [0, 0.1) is 0 Å². The molecule has 0 saturated heterocycles. The van der Waals surface area contributed by atoms with Gasteiger partial charge in [0.25, 0.3) is 6.71 Å². The van der Waals surface area contributed by atoms with Gasteiger partial charge in [-0.1, -0.05) is 283 Å². The maximum atomic E-state index is 4.91. The summed E-state index contributed by atoms with van der Waals surface area (Å²) in [5, 5.41) is 5.06. The van der Waals surface area contributed by atoms with Crippen LogP contribution in [0.1, 0.15) is 116 Å². The third kappa shape index (κ3) is 11.7. The van der Waals surface area contributed by atoms with Crippen LogP contribution in [0.15, 0.2) is 304 Å². The van der Waals surface area contributed by atoms with Gasteiger partial charge < -0.3 is 18.9 Å². The van der Waals surface area contributed by atoms with Gasteiger partial charge in [0.1, 0.15) is 0 Å². The molecule has 13 aromatic carbocycles. The van der Waals surface area contributed by atoms with E-state index in [2.05, 4.69) is 399 Å². The Morgan fingerprint density at radius 3 is 0.897 bits per heavy atom. The molecule has 0 amide bonds. The van der Waals surface area contributed by atoms with Crippen molar-refractivity contribution in [2.24, 2.45) is 0 Å². The molecule has 522 valence electrons. The van der Waals surface area contributed by atoms with Gasteiger partial charge in [-0.25, -0.2) is 0 Å². The van der Waals surface area contributed by atoms with Gasteiger partial charge in [0.2, 0.25) is 0 Å². The molecule has 2 aliphatic heterocycles. The molecule has 16 aromatic rings. The molecule has 2 aliphatic rings. The van der Waals surface area contributed by atoms with Gasteiger partial charge in [0.05, 0.1) is 22.1 Å². The summed E-state index contributed by atoms with van der Waals surface area (Å²) in [4.78, 5) is 10.3. The zero-order valence-electron chi connectivity index (χ0n) is 63.6. The molecule has 0 spiro atoms. The quantitative estimate of drug-likeness (QED) is 0.121. The van der Waals surface area contributed by atoms with Crippen LogP contribution in [-0.2, 0) is 34.7 Å². The summed E-state index contributed by atoms with van der Waals surface area (Å²) in [6.45, 7) is 28.9. The molecule has 0 aliphatic carbocycles. The summed E-state index contributed by atoms with van der Waals surface area (Å²) in [5.41, 5.74) is 34.7. The van der Waals surface area contributed by atoms with Crippen molar-refractivity contribution in [1.82, 2.24) is 14.1 Å². The molecule has 0 unspecified atom stereocenters. The Kier molecular flexibility index (Phi) is 16.0. The standard InChI is InChI=1S/C101H90BN5/c1-98(2,3)71-41-49-89-81(56-71)82-57-72(99(4,5)6)42-50-90(82)106(89)75-45-47-87-93(60-75)104(63-85-77(65-28-17-13-18-29-65)37-25-38-78(85)66-30-19-14-20-31-66)95-54-70(69-36-27-53-103-62-69)55-96-97(95)102(87)88-48-46-76(107-91-51-43-73(100(7,8)9)58-83(91)84-59-74(101(10,11)12)44-52-92(84)107)61-94(88)105(96)64-86-79(67-32-21-15-22-33-67)39-26-40-80(86)68-34-23-16-24-35-68/h13-62H,63-64H2,1-12H3. The van der Waals surface area contributed by atoms with E-state index in [0.29, 0.717) is 13.1 Å². The Morgan fingerprint density at radius 2 is 0.598 bits per heavy atom. The highest BCUT2D eigenvalue weighted by Gasteiger charge is 2.44. The molecular weight excluding hydrogens is 1290 g/mol. The zero-order chi connectivity index (χ0) is 73.4. The van der Waals surface area contributed by atoms with Crippen LogP contribution in [-0.4, -0.2) is 20.8 Å². The summed E-state index contributed by atoms with van der Waals surface area (Å²) in [5.74, 6) is 0. The van der Waals surface area contributed by atoms with Crippen molar-refractivity contribution in [2.75, 3.05) is 9.80 Å². The van der Waals surface area contributed by atoms with Crippen LogP contribution in [0.4, 0.5) is 22.7 Å². The lowest BCUT2D eigenvalue weighted by molar-refractivity contribution is 0.590. The van der Waals surface area contributed by atoms with Crippen molar-refractivity contribution in [3.63, 3.8) is 0 Å². The predicted molar refractivity (Wildman–Crippen MR) is 457 cm³/mol. The minimum absolute atomic E-state index is 0.0516. The van der Waals surface area contributed by atoms with E-state index in [0.717, 1.165) is 33.9 Å². The van der Waals surface area contributed by atoms with Gasteiger partial charge in [0.15, 0.2) is 0 Å². The molecule has 5 heterocycles. The number of hydrogen-bond donors (Lipinski definition) is 0. The minimum atomic E-state index is -0.205. The molecule has 0 N–H and O–H groups in total. The normalized spacial score (nSPS) is 13.1. The predicted octanol–water partition coefficient (Wildman–Crippen LogP) is 24.6. The summed E-state index contributed by atoms with van der Waals surface area (Å²) >= 11 is 0. The first-order valence-electron chi connectivity index (χ1n) is 38.2. The number of aromatic nitrogens is 3. The number of benzene rings is 13. The highest BCUT2D eigenvalue weighted by molar-refractivity contribution is 7.00. The molecule has 6 heteroatoms. The van der Waals surface area contributed by atoms with Gasteiger partial charge in [-0.2, -0.15) is 0 Å². The second-order valence-electron chi connectivity index (χ2n) is 34.0. The maximum Gasteiger partial charge on any atom is 0.252 e. The molecule has 0 saturated carbocycles. The molecule has 107 heavy (non-hydrogen) atoms. The van der Waals surface area contributed by atoms with E-state index in [9.17, 15) is 0 Å². The first kappa shape index (κ1) is 67.2. The second kappa shape index (κ2) is 25.5. The van der Waals surface area contributed by atoms with Crippen LogP contribution < -0.4 is 26.2 Å². The Balaban J connectivity index is 0.963. The van der Waals surface area contributed by atoms with Crippen LogP contribution in [0.2, 0.25) is 0 Å². The van der Waals surface area contributed by atoms with Gasteiger partial charge in [0, 0.05) is 86.7 Å². The molecule has 5 nitrogen and oxygen atoms in total.